The molecule has 1 N–H and O–H groups in total. The molecule has 0 aromatic carbocycles. The summed E-state index contributed by atoms with van der Waals surface area (Å²) in [6, 6.07) is 0. The molecule has 0 aromatic heterocycles. The summed E-state index contributed by atoms with van der Waals surface area (Å²) >= 11 is 0. The van der Waals surface area contributed by atoms with Crippen LogP contribution in [0.4, 0.5) is 0 Å². The van der Waals surface area contributed by atoms with E-state index < -0.39 is 0 Å². The van der Waals surface area contributed by atoms with Crippen LogP contribution in [-0.4, -0.2) is 44.0 Å². The largest absolute Gasteiger partial charge is 0.373 e. The zero-order valence-electron chi connectivity index (χ0n) is 9.55. The highest BCUT2D eigenvalue weighted by atomic mass is 15.1. The van der Waals surface area contributed by atoms with Gasteiger partial charge in [-0.3, -0.25) is 4.99 Å². The first-order chi connectivity index (χ1) is 6.83. The molecule has 0 atom stereocenters. The summed E-state index contributed by atoms with van der Waals surface area (Å²) in [6.45, 7) is 6.46. The number of aliphatic imine (C=N–C) groups is 1. The first-order valence-corrected chi connectivity index (χ1v) is 5.78. The maximum Gasteiger partial charge on any atom is 0.0963 e. The lowest BCUT2D eigenvalue weighted by molar-refractivity contribution is 0.357. The van der Waals surface area contributed by atoms with E-state index in [9.17, 15) is 0 Å². The first kappa shape index (κ1) is 11.5. The van der Waals surface area contributed by atoms with Gasteiger partial charge in [0.1, 0.15) is 0 Å². The Morgan fingerprint density at radius 2 is 2.21 bits per heavy atom. The van der Waals surface area contributed by atoms with E-state index >= 15 is 0 Å². The smallest absolute Gasteiger partial charge is 0.0963 e. The van der Waals surface area contributed by atoms with Gasteiger partial charge in [-0.2, -0.15) is 0 Å². The topological polar surface area (TPSA) is 27.6 Å². The van der Waals surface area contributed by atoms with Crippen molar-refractivity contribution in [2.45, 2.75) is 32.6 Å². The number of nitrogens with zero attached hydrogens (tertiary/aromatic N) is 2. The summed E-state index contributed by atoms with van der Waals surface area (Å²) in [5, 5.41) is 3.44. The van der Waals surface area contributed by atoms with Crippen LogP contribution in [0.2, 0.25) is 0 Å². The van der Waals surface area contributed by atoms with Crippen molar-refractivity contribution in [2.75, 3.05) is 33.2 Å². The van der Waals surface area contributed by atoms with E-state index in [1.165, 1.54) is 25.1 Å². The van der Waals surface area contributed by atoms with Crippen molar-refractivity contribution in [3.05, 3.63) is 0 Å². The van der Waals surface area contributed by atoms with Crippen LogP contribution in [0.25, 0.3) is 0 Å². The van der Waals surface area contributed by atoms with E-state index in [1.807, 2.05) is 0 Å². The summed E-state index contributed by atoms with van der Waals surface area (Å²) in [6.07, 6.45) is 5.05. The van der Waals surface area contributed by atoms with Crippen molar-refractivity contribution in [3.8, 4) is 0 Å². The molecule has 82 valence electrons. The van der Waals surface area contributed by atoms with Gasteiger partial charge in [0, 0.05) is 26.1 Å². The molecule has 1 rings (SSSR count). The maximum atomic E-state index is 4.53. The lowest BCUT2D eigenvalue weighted by Crippen LogP contribution is -2.32. The van der Waals surface area contributed by atoms with Crippen LogP contribution < -0.4 is 5.32 Å². The van der Waals surface area contributed by atoms with E-state index in [-0.39, 0.29) is 0 Å². The molecule has 0 amide bonds. The minimum absolute atomic E-state index is 1.02. The van der Waals surface area contributed by atoms with Crippen LogP contribution in [-0.2, 0) is 0 Å². The lowest BCUT2D eigenvalue weighted by atomic mass is 10.2. The molecular weight excluding hydrogens is 174 g/mol. The molecule has 0 bridgehead atoms. The second kappa shape index (κ2) is 6.82. The molecular formula is C11H23N3. The van der Waals surface area contributed by atoms with Gasteiger partial charge in [-0.05, 0) is 26.4 Å². The van der Waals surface area contributed by atoms with E-state index in [0.717, 1.165) is 32.6 Å². The second-order valence-electron chi connectivity index (χ2n) is 3.96. The van der Waals surface area contributed by atoms with Crippen LogP contribution in [0, 0.1) is 0 Å². The highest BCUT2D eigenvalue weighted by Gasteiger charge is 2.03. The van der Waals surface area contributed by atoms with Gasteiger partial charge in [-0.15, -0.1) is 0 Å². The molecule has 3 heteroatoms. The third-order valence-corrected chi connectivity index (χ3v) is 2.74. The van der Waals surface area contributed by atoms with Gasteiger partial charge in [-0.1, -0.05) is 13.3 Å². The van der Waals surface area contributed by atoms with Crippen molar-refractivity contribution in [1.82, 2.24) is 10.2 Å². The standard InChI is InChI=1S/C11H23N3/c1-3-14(2)10-9-13-11-7-5-4-6-8-12-11/h3-10H2,1-2H3,(H,12,13). The number of hydrogen-bond acceptors (Lipinski definition) is 3. The zero-order chi connectivity index (χ0) is 10.2. The van der Waals surface area contributed by atoms with Crippen molar-refractivity contribution < 1.29 is 0 Å². The summed E-state index contributed by atoms with van der Waals surface area (Å²) in [7, 11) is 2.15. The predicted octanol–water partition coefficient (Wildman–Crippen LogP) is 1.50. The minimum Gasteiger partial charge on any atom is -0.373 e. The molecule has 1 aliphatic rings. The van der Waals surface area contributed by atoms with E-state index in [2.05, 4.69) is 29.2 Å². The molecule has 0 spiro atoms. The summed E-state index contributed by atoms with van der Waals surface area (Å²) < 4.78 is 0. The normalized spacial score (nSPS) is 17.8. The Morgan fingerprint density at radius 3 is 3.00 bits per heavy atom. The SMILES string of the molecule is CCN(C)CCNC1=NCCCCC1. The van der Waals surface area contributed by atoms with Crippen molar-refractivity contribution in [1.29, 1.82) is 0 Å². The second-order valence-corrected chi connectivity index (χ2v) is 3.96. The van der Waals surface area contributed by atoms with Crippen LogP contribution in [0.5, 0.6) is 0 Å². The maximum absolute atomic E-state index is 4.53. The quantitative estimate of drug-likeness (QED) is 0.739. The first-order valence-electron chi connectivity index (χ1n) is 5.78. The Balaban J connectivity index is 2.13. The molecule has 0 saturated heterocycles. The molecule has 0 saturated carbocycles. The van der Waals surface area contributed by atoms with Gasteiger partial charge in [0.05, 0.1) is 5.84 Å². The third-order valence-electron chi connectivity index (χ3n) is 2.74. The number of rotatable bonds is 4. The summed E-state index contributed by atoms with van der Waals surface area (Å²) in [5.41, 5.74) is 0. The number of likely N-dealkylation sites (N-methyl/N-ethyl adjacent to an activating group) is 1. The van der Waals surface area contributed by atoms with Crippen LogP contribution in [0.15, 0.2) is 4.99 Å². The Kier molecular flexibility index (Phi) is 5.60. The molecule has 0 aliphatic carbocycles. The average molecular weight is 197 g/mol. The predicted molar refractivity (Wildman–Crippen MR) is 61.9 cm³/mol. The van der Waals surface area contributed by atoms with E-state index in [4.69, 9.17) is 0 Å². The van der Waals surface area contributed by atoms with Gasteiger partial charge < -0.3 is 10.2 Å². The Bertz CT molecular complexity index is 177. The Labute approximate surface area is 87.6 Å². The van der Waals surface area contributed by atoms with E-state index in [0.29, 0.717) is 0 Å². The molecule has 0 unspecified atom stereocenters. The highest BCUT2D eigenvalue weighted by molar-refractivity contribution is 5.82. The third kappa shape index (κ3) is 4.61. The molecule has 1 aliphatic heterocycles. The molecule has 0 aromatic rings. The fourth-order valence-corrected chi connectivity index (χ4v) is 1.57. The molecule has 1 heterocycles. The number of amidine groups is 1. The lowest BCUT2D eigenvalue weighted by Gasteiger charge is -2.15. The van der Waals surface area contributed by atoms with E-state index in [1.54, 1.807) is 0 Å². The van der Waals surface area contributed by atoms with Gasteiger partial charge in [-0.25, -0.2) is 0 Å². The molecule has 0 fully saturated rings. The van der Waals surface area contributed by atoms with Crippen LogP contribution in [0.1, 0.15) is 32.6 Å². The average Bonchev–Trinajstić information content (AvgIpc) is 2.46. The summed E-state index contributed by atoms with van der Waals surface area (Å²) in [5.74, 6) is 1.23. The molecule has 14 heavy (non-hydrogen) atoms. The minimum atomic E-state index is 1.02. The number of nitrogens with one attached hydrogen (secondary N) is 1. The van der Waals surface area contributed by atoms with Crippen molar-refractivity contribution in [3.63, 3.8) is 0 Å². The molecule has 3 nitrogen and oxygen atoms in total. The van der Waals surface area contributed by atoms with Gasteiger partial charge in [0.15, 0.2) is 0 Å². The highest BCUT2D eigenvalue weighted by Crippen LogP contribution is 2.05. The summed E-state index contributed by atoms with van der Waals surface area (Å²) in [4.78, 5) is 6.84. The Morgan fingerprint density at radius 1 is 1.36 bits per heavy atom. The fraction of sp³-hybridized carbons (Fsp3) is 0.909. The fourth-order valence-electron chi connectivity index (χ4n) is 1.57. The number of hydrogen-bond donors (Lipinski definition) is 1. The van der Waals surface area contributed by atoms with Gasteiger partial charge in [0.25, 0.3) is 0 Å². The molecule has 0 radical (unpaired) electrons. The van der Waals surface area contributed by atoms with Gasteiger partial charge >= 0.3 is 0 Å². The van der Waals surface area contributed by atoms with Crippen LogP contribution in [0.3, 0.4) is 0 Å². The van der Waals surface area contributed by atoms with Crippen LogP contribution >= 0.6 is 0 Å². The van der Waals surface area contributed by atoms with Crippen molar-refractivity contribution >= 4 is 5.84 Å². The van der Waals surface area contributed by atoms with Gasteiger partial charge in [0.2, 0.25) is 0 Å². The zero-order valence-corrected chi connectivity index (χ0v) is 9.55. The Hall–Kier alpha value is -0.570. The monoisotopic (exact) mass is 197 g/mol. The van der Waals surface area contributed by atoms with Crippen molar-refractivity contribution in [2.24, 2.45) is 4.99 Å².